The van der Waals surface area contributed by atoms with Crippen molar-refractivity contribution in [3.63, 3.8) is 0 Å². The van der Waals surface area contributed by atoms with Gasteiger partial charge in [-0.05, 0) is 30.2 Å². The van der Waals surface area contributed by atoms with E-state index in [0.717, 1.165) is 12.1 Å². The highest BCUT2D eigenvalue weighted by atomic mass is 35.5. The molecule has 0 spiro atoms. The zero-order valence-corrected chi connectivity index (χ0v) is 7.30. The molecule has 0 amide bonds. The number of halogens is 5. The van der Waals surface area contributed by atoms with Gasteiger partial charge in [-0.15, -0.1) is 0 Å². The van der Waals surface area contributed by atoms with E-state index >= 15 is 0 Å². The predicted octanol–water partition coefficient (Wildman–Crippen LogP) is 3.56. The Kier molecular flexibility index (Phi) is 2.52. The molecule has 0 saturated carbocycles. The summed E-state index contributed by atoms with van der Waals surface area (Å²) in [6.45, 7) is 1.27. The van der Waals surface area contributed by atoms with E-state index in [1.165, 1.54) is 6.92 Å². The molecule has 0 aliphatic heterocycles. The molecule has 0 aliphatic carbocycles. The van der Waals surface area contributed by atoms with Crippen LogP contribution in [-0.2, 0) is 5.38 Å². The molecule has 0 N–H and O–H groups in total. The summed E-state index contributed by atoms with van der Waals surface area (Å²) >= 11 is 4.55. The molecule has 0 bridgehead atoms. The molecule has 13 heavy (non-hydrogen) atoms. The minimum atomic E-state index is -3.88. The summed E-state index contributed by atoms with van der Waals surface area (Å²) in [5.74, 6) is -2.89. The second-order valence-electron chi connectivity index (χ2n) is 2.56. The average Bonchev–Trinajstić information content (AvgIpc) is 1.98. The number of hydrogen-bond acceptors (Lipinski definition) is 0. The Hall–Kier alpha value is -0.770. The lowest BCUT2D eigenvalue weighted by atomic mass is 10.1. The molecule has 0 aromatic heterocycles. The minimum absolute atomic E-state index is 0.0397. The molecule has 1 aromatic rings. The molecule has 1 rings (SSSR count). The van der Waals surface area contributed by atoms with Gasteiger partial charge in [0.25, 0.3) is 0 Å². The van der Waals surface area contributed by atoms with Crippen LogP contribution in [0.4, 0.5) is 17.6 Å². The summed E-state index contributed by atoms with van der Waals surface area (Å²) in [6.07, 6.45) is 0. The minimum Gasteiger partial charge on any atom is -0.203 e. The molecular weight excluding hydrogens is 208 g/mol. The Morgan fingerprint density at radius 1 is 1.15 bits per heavy atom. The number of aryl methyl sites for hydroxylation is 1. The first-order valence-corrected chi connectivity index (χ1v) is 3.73. The highest BCUT2D eigenvalue weighted by Gasteiger charge is 2.33. The Morgan fingerprint density at radius 3 is 2.15 bits per heavy atom. The van der Waals surface area contributed by atoms with Gasteiger partial charge >= 0.3 is 5.38 Å². The van der Waals surface area contributed by atoms with E-state index in [0.29, 0.717) is 0 Å². The normalized spacial score (nSPS) is 11.8. The topological polar surface area (TPSA) is 0 Å². The number of hydrogen-bond donors (Lipinski definition) is 0. The van der Waals surface area contributed by atoms with E-state index in [9.17, 15) is 17.6 Å². The lowest BCUT2D eigenvalue weighted by molar-refractivity contribution is 0.0896. The molecule has 0 aliphatic rings. The smallest absolute Gasteiger partial charge is 0.203 e. The SMILES string of the molecule is Cc1ccc(C(F)(F)Cl)c(F)c1F. The molecular formula is C8H5ClF4. The van der Waals surface area contributed by atoms with Crippen molar-refractivity contribution in [3.8, 4) is 0 Å². The van der Waals surface area contributed by atoms with Crippen LogP contribution in [0, 0.1) is 18.6 Å². The van der Waals surface area contributed by atoms with Crippen LogP contribution in [0.5, 0.6) is 0 Å². The van der Waals surface area contributed by atoms with Crippen LogP contribution in [-0.4, -0.2) is 0 Å². The number of alkyl halides is 3. The van der Waals surface area contributed by atoms with Gasteiger partial charge in [0.1, 0.15) is 0 Å². The van der Waals surface area contributed by atoms with Gasteiger partial charge in [-0.3, -0.25) is 0 Å². The lowest BCUT2D eigenvalue weighted by Gasteiger charge is -2.10. The third-order valence-electron chi connectivity index (χ3n) is 1.58. The van der Waals surface area contributed by atoms with Gasteiger partial charge in [0.15, 0.2) is 11.6 Å². The highest BCUT2D eigenvalue weighted by Crippen LogP contribution is 2.35. The fraction of sp³-hybridized carbons (Fsp3) is 0.250. The summed E-state index contributed by atoms with van der Waals surface area (Å²) in [5.41, 5.74) is -1.18. The monoisotopic (exact) mass is 212 g/mol. The second-order valence-corrected chi connectivity index (χ2v) is 3.03. The van der Waals surface area contributed by atoms with E-state index in [1.807, 2.05) is 0 Å². The molecule has 0 radical (unpaired) electrons. The zero-order chi connectivity index (χ0) is 10.2. The summed E-state index contributed by atoms with van der Waals surface area (Å²) in [5, 5.41) is -3.88. The van der Waals surface area contributed by atoms with Crippen molar-refractivity contribution in [2.75, 3.05) is 0 Å². The van der Waals surface area contributed by atoms with Crippen LogP contribution in [0.1, 0.15) is 11.1 Å². The van der Waals surface area contributed by atoms with Gasteiger partial charge in [-0.2, -0.15) is 8.78 Å². The number of rotatable bonds is 1. The molecule has 0 saturated heterocycles. The van der Waals surface area contributed by atoms with Crippen LogP contribution >= 0.6 is 11.6 Å². The predicted molar refractivity (Wildman–Crippen MR) is 40.8 cm³/mol. The van der Waals surface area contributed by atoms with Crippen molar-refractivity contribution in [1.82, 2.24) is 0 Å². The van der Waals surface area contributed by atoms with E-state index in [1.54, 1.807) is 0 Å². The maximum absolute atomic E-state index is 12.8. The van der Waals surface area contributed by atoms with Gasteiger partial charge in [-0.1, -0.05) is 6.07 Å². The largest absolute Gasteiger partial charge is 0.351 e. The second kappa shape index (κ2) is 3.18. The Bertz CT molecular complexity index is 330. The summed E-state index contributed by atoms with van der Waals surface area (Å²) in [7, 11) is 0. The number of benzene rings is 1. The molecule has 0 fully saturated rings. The molecule has 1 aromatic carbocycles. The summed E-state index contributed by atoms with van der Waals surface area (Å²) in [6, 6.07) is 1.81. The molecule has 0 unspecified atom stereocenters. The third-order valence-corrected chi connectivity index (χ3v) is 1.78. The standard InChI is InChI=1S/C8H5ClF4/c1-4-2-3-5(8(9,12)13)7(11)6(4)10/h2-3H,1H3. The Morgan fingerprint density at radius 2 is 1.69 bits per heavy atom. The first-order chi connectivity index (χ1) is 5.84. The summed E-state index contributed by atoms with van der Waals surface area (Å²) < 4.78 is 50.3. The molecule has 0 heterocycles. The van der Waals surface area contributed by atoms with Crippen molar-refractivity contribution in [2.24, 2.45) is 0 Å². The quantitative estimate of drug-likeness (QED) is 0.493. The third kappa shape index (κ3) is 1.94. The molecule has 5 heteroatoms. The van der Waals surface area contributed by atoms with Crippen LogP contribution in [0.3, 0.4) is 0 Å². The first kappa shape index (κ1) is 10.3. The Labute approximate surface area is 77.1 Å². The van der Waals surface area contributed by atoms with E-state index < -0.39 is 22.6 Å². The van der Waals surface area contributed by atoms with E-state index in [-0.39, 0.29) is 5.56 Å². The fourth-order valence-corrected chi connectivity index (χ4v) is 1.01. The van der Waals surface area contributed by atoms with Crippen LogP contribution in [0.2, 0.25) is 0 Å². The van der Waals surface area contributed by atoms with Gasteiger partial charge in [0.05, 0.1) is 5.56 Å². The van der Waals surface area contributed by atoms with Crippen molar-refractivity contribution in [1.29, 1.82) is 0 Å². The highest BCUT2D eigenvalue weighted by molar-refractivity contribution is 6.21. The van der Waals surface area contributed by atoms with Crippen LogP contribution in [0.25, 0.3) is 0 Å². The Balaban J connectivity index is 3.35. The first-order valence-electron chi connectivity index (χ1n) is 3.36. The maximum atomic E-state index is 12.8. The van der Waals surface area contributed by atoms with Crippen molar-refractivity contribution >= 4 is 11.6 Å². The average molecular weight is 213 g/mol. The molecule has 0 nitrogen and oxygen atoms in total. The van der Waals surface area contributed by atoms with Gasteiger partial charge in [-0.25, -0.2) is 8.78 Å². The van der Waals surface area contributed by atoms with Crippen molar-refractivity contribution in [2.45, 2.75) is 12.3 Å². The fourth-order valence-electron chi connectivity index (χ4n) is 0.865. The van der Waals surface area contributed by atoms with Crippen molar-refractivity contribution in [3.05, 3.63) is 34.9 Å². The van der Waals surface area contributed by atoms with Crippen LogP contribution in [0.15, 0.2) is 12.1 Å². The zero-order valence-electron chi connectivity index (χ0n) is 6.54. The molecule has 0 atom stereocenters. The van der Waals surface area contributed by atoms with E-state index in [4.69, 9.17) is 0 Å². The summed E-state index contributed by atoms with van der Waals surface area (Å²) in [4.78, 5) is 0. The van der Waals surface area contributed by atoms with E-state index in [2.05, 4.69) is 11.6 Å². The van der Waals surface area contributed by atoms with Gasteiger partial charge in [0.2, 0.25) is 0 Å². The lowest BCUT2D eigenvalue weighted by Crippen LogP contribution is -2.08. The van der Waals surface area contributed by atoms with Crippen molar-refractivity contribution < 1.29 is 17.6 Å². The van der Waals surface area contributed by atoms with Gasteiger partial charge < -0.3 is 0 Å². The molecule has 72 valence electrons. The van der Waals surface area contributed by atoms with Gasteiger partial charge in [0, 0.05) is 0 Å². The maximum Gasteiger partial charge on any atom is 0.351 e. The van der Waals surface area contributed by atoms with Crippen LogP contribution < -0.4 is 0 Å².